The summed E-state index contributed by atoms with van der Waals surface area (Å²) >= 11 is 0. The van der Waals surface area contributed by atoms with Crippen LogP contribution in [0.4, 0.5) is 0 Å². The Hall–Kier alpha value is 0.651. The predicted octanol–water partition coefficient (Wildman–Crippen LogP) is -1.28. The molecule has 0 aromatic rings. The second kappa shape index (κ2) is 146. The minimum absolute atomic E-state index is 0. The summed E-state index contributed by atoms with van der Waals surface area (Å²) in [4.78, 5) is 0. The summed E-state index contributed by atoms with van der Waals surface area (Å²) in [6.45, 7) is 0. The molecule has 3 nitrogen and oxygen atoms in total. The second-order valence-corrected chi connectivity index (χ2v) is 0. The van der Waals surface area contributed by atoms with Gasteiger partial charge in [0.1, 0.15) is 0 Å². The summed E-state index contributed by atoms with van der Waals surface area (Å²) in [5.41, 5.74) is 0. The van der Waals surface area contributed by atoms with E-state index in [9.17, 15) is 0 Å². The molecule has 0 saturated heterocycles. The van der Waals surface area contributed by atoms with Crippen molar-refractivity contribution in [2.24, 2.45) is 0 Å². The molecule has 5 heavy (non-hydrogen) atoms. The molecule has 0 unspecified atom stereocenters. The van der Waals surface area contributed by atoms with Gasteiger partial charge in [0.25, 0.3) is 0 Å². The molecule has 28 valence electrons. The fraction of sp³-hybridized carbons (Fsp3) is 0. The monoisotopic (exact) mass is 126 g/mol. The van der Waals surface area contributed by atoms with E-state index in [1.807, 2.05) is 0 Å². The Morgan fingerprint density at radius 2 is 1.00 bits per heavy atom. The van der Waals surface area contributed by atoms with E-state index < -0.39 is 0 Å². The fourth-order valence-corrected chi connectivity index (χ4v) is 0. The summed E-state index contributed by atoms with van der Waals surface area (Å²) in [6, 6.07) is 0. The maximum atomic E-state index is 8.28. The first-order valence-electron chi connectivity index (χ1n) is 0.289. The van der Waals surface area contributed by atoms with Crippen LogP contribution >= 0.6 is 0 Å². The van der Waals surface area contributed by atoms with Crippen molar-refractivity contribution in [2.45, 2.75) is 0 Å². The number of hydrogen-bond acceptors (Lipinski definition) is 1. The topological polar surface area (TPSA) is 74.1 Å². The van der Waals surface area contributed by atoms with Crippen LogP contribution in [0.5, 0.6) is 0 Å². The third-order valence-electron chi connectivity index (χ3n) is 0. The van der Waals surface area contributed by atoms with E-state index in [4.69, 9.17) is 4.46 Å². The van der Waals surface area contributed by atoms with E-state index in [-0.39, 0.29) is 32.7 Å². The zero-order valence-electron chi connectivity index (χ0n) is 2.43. The van der Waals surface area contributed by atoms with Crippen LogP contribution in [0.3, 0.4) is 0 Å². The van der Waals surface area contributed by atoms with Gasteiger partial charge in [0.05, 0.1) is 0 Å². The Balaban J connectivity index is -0.00000000167. The van der Waals surface area contributed by atoms with Crippen LogP contribution in [0.1, 0.15) is 0 Å². The van der Waals surface area contributed by atoms with Crippen molar-refractivity contribution < 1.29 is 37.1 Å². The SMILES string of the molecule is O=[SiH2].[O-2].[O-2].[Ti+4]. The van der Waals surface area contributed by atoms with E-state index in [0.717, 1.165) is 0 Å². The molecule has 0 spiro atoms. The molecule has 0 aromatic heterocycles. The van der Waals surface area contributed by atoms with Crippen LogP contribution in [0.25, 0.3) is 0 Å². The molecule has 0 aliphatic carbocycles. The summed E-state index contributed by atoms with van der Waals surface area (Å²) in [5.74, 6) is 0. The molecule has 0 atom stereocenters. The molecule has 5 heteroatoms. The molecule has 0 aromatic carbocycles. The van der Waals surface area contributed by atoms with Crippen LogP contribution in [-0.4, -0.2) is 10.1 Å². The molecular formula is H2O3SiTi. The summed E-state index contributed by atoms with van der Waals surface area (Å²) in [6.07, 6.45) is 0. The molecule has 0 N–H and O–H groups in total. The minimum Gasteiger partial charge on any atom is -2.00 e. The predicted molar refractivity (Wildman–Crippen MR) is 10.6 cm³/mol. The summed E-state index contributed by atoms with van der Waals surface area (Å²) in [7, 11) is 0.611. The molecule has 0 saturated carbocycles. The van der Waals surface area contributed by atoms with Gasteiger partial charge in [-0.2, -0.15) is 0 Å². The van der Waals surface area contributed by atoms with Gasteiger partial charge in [-0.15, -0.1) is 0 Å². The average Bonchev–Trinajstić information content (AvgIpc) is 1.00. The third kappa shape index (κ3) is 77.1. The Kier molecular flexibility index (Phi) is 1310. The normalized spacial score (nSPS) is 0.800. The van der Waals surface area contributed by atoms with E-state index >= 15 is 0 Å². The quantitative estimate of drug-likeness (QED) is 0.372. The number of rotatable bonds is 0. The first-order valence-corrected chi connectivity index (χ1v) is 0.866. The van der Waals surface area contributed by atoms with Gasteiger partial charge in [0.15, 0.2) is 0 Å². The molecule has 0 aliphatic heterocycles. The van der Waals surface area contributed by atoms with Crippen molar-refractivity contribution in [3.8, 4) is 0 Å². The van der Waals surface area contributed by atoms with Gasteiger partial charge in [-0.3, -0.25) is 0 Å². The van der Waals surface area contributed by atoms with Gasteiger partial charge in [-0.25, -0.2) is 0 Å². The van der Waals surface area contributed by atoms with Crippen LogP contribution < -0.4 is 0 Å². The van der Waals surface area contributed by atoms with Gasteiger partial charge in [0.2, 0.25) is 10.1 Å². The largest absolute Gasteiger partial charge is 4.00 e. The van der Waals surface area contributed by atoms with Gasteiger partial charge < -0.3 is 15.4 Å². The maximum absolute atomic E-state index is 8.28. The molecule has 0 amide bonds. The van der Waals surface area contributed by atoms with Crippen molar-refractivity contribution in [1.82, 2.24) is 0 Å². The molecule has 0 aliphatic rings. The summed E-state index contributed by atoms with van der Waals surface area (Å²) in [5, 5.41) is 0. The maximum Gasteiger partial charge on any atom is 4.00 e. The van der Waals surface area contributed by atoms with Gasteiger partial charge in [-0.05, 0) is 0 Å². The van der Waals surface area contributed by atoms with E-state index in [0.29, 0.717) is 10.1 Å². The second-order valence-electron chi connectivity index (χ2n) is 0. The molecule has 0 bridgehead atoms. The van der Waals surface area contributed by atoms with E-state index in [2.05, 4.69) is 0 Å². The zero-order chi connectivity index (χ0) is 2.00. The minimum atomic E-state index is 0. The third-order valence-corrected chi connectivity index (χ3v) is 0. The molecular weight excluding hydrogens is 124 g/mol. The molecule has 0 radical (unpaired) electrons. The van der Waals surface area contributed by atoms with Gasteiger partial charge >= 0.3 is 21.7 Å². The smallest absolute Gasteiger partial charge is 2.00 e. The molecule has 0 heterocycles. The molecule has 0 rings (SSSR count). The van der Waals surface area contributed by atoms with Crippen LogP contribution in [0.15, 0.2) is 0 Å². The van der Waals surface area contributed by atoms with Crippen LogP contribution in [-0.2, 0) is 37.1 Å². The fourth-order valence-electron chi connectivity index (χ4n) is 0. The first kappa shape index (κ1) is 44.8. The van der Waals surface area contributed by atoms with Crippen molar-refractivity contribution in [3.63, 3.8) is 0 Å². The average molecular weight is 126 g/mol. The Morgan fingerprint density at radius 3 is 1.00 bits per heavy atom. The van der Waals surface area contributed by atoms with Gasteiger partial charge in [0, 0.05) is 0 Å². The molecule has 0 fully saturated rings. The summed E-state index contributed by atoms with van der Waals surface area (Å²) < 4.78 is 8.28. The zero-order valence-corrected chi connectivity index (χ0v) is 5.41. The Bertz CT molecular complexity index is 6.85. The standard InChI is InChI=1S/H2OSi.2O.Ti/c1-2;;;/h2H2;;;/q;2*-2;+4. The van der Waals surface area contributed by atoms with Crippen LogP contribution in [0.2, 0.25) is 0 Å². The number of hydrogen-bond donors (Lipinski definition) is 0. The van der Waals surface area contributed by atoms with Crippen molar-refractivity contribution >= 4 is 10.1 Å². The van der Waals surface area contributed by atoms with Gasteiger partial charge in [-0.1, -0.05) is 0 Å². The van der Waals surface area contributed by atoms with Crippen molar-refractivity contribution in [1.29, 1.82) is 0 Å². The Labute approximate surface area is 47.7 Å². The van der Waals surface area contributed by atoms with Crippen LogP contribution in [0, 0.1) is 0 Å². The van der Waals surface area contributed by atoms with E-state index in [1.54, 1.807) is 0 Å². The van der Waals surface area contributed by atoms with Crippen molar-refractivity contribution in [3.05, 3.63) is 0 Å². The first-order chi connectivity index (χ1) is 1.00. The van der Waals surface area contributed by atoms with E-state index in [1.165, 1.54) is 0 Å². The Morgan fingerprint density at radius 1 is 1.00 bits per heavy atom. The van der Waals surface area contributed by atoms with Crippen molar-refractivity contribution in [2.75, 3.05) is 0 Å².